The number of fused-ring (bicyclic) bond motifs is 1. The number of aliphatic carboxylic acids is 1. The lowest BCUT2D eigenvalue weighted by Crippen LogP contribution is -2.30. The average Bonchev–Trinajstić information content (AvgIpc) is 3.32. The van der Waals surface area contributed by atoms with Gasteiger partial charge >= 0.3 is 5.97 Å². The Bertz CT molecular complexity index is 856. The lowest BCUT2D eigenvalue weighted by Gasteiger charge is -2.26. The maximum atomic E-state index is 12.4. The van der Waals surface area contributed by atoms with Crippen LogP contribution < -0.4 is 14.2 Å². The fourth-order valence-electron chi connectivity index (χ4n) is 4.25. The molecule has 0 spiro atoms. The van der Waals surface area contributed by atoms with Gasteiger partial charge in [-0.2, -0.15) is 0 Å². The molecule has 0 saturated carbocycles. The topological polar surface area (TPSA) is 68.2 Å². The maximum absolute atomic E-state index is 12.4. The van der Waals surface area contributed by atoms with Crippen LogP contribution in [0.1, 0.15) is 23.1 Å². The van der Waals surface area contributed by atoms with Crippen molar-refractivity contribution in [3.05, 3.63) is 53.6 Å². The van der Waals surface area contributed by atoms with Gasteiger partial charge in [0.05, 0.1) is 13.0 Å². The zero-order valence-electron chi connectivity index (χ0n) is 15.5. The molecule has 3 unspecified atom stereocenters. The summed E-state index contributed by atoms with van der Waals surface area (Å²) in [5.41, 5.74) is 1.95. The van der Waals surface area contributed by atoms with Crippen molar-refractivity contribution in [3.8, 4) is 17.2 Å². The van der Waals surface area contributed by atoms with E-state index in [4.69, 9.17) is 14.2 Å². The minimum Gasteiger partial charge on any atom is -0.497 e. The summed E-state index contributed by atoms with van der Waals surface area (Å²) in [6, 6.07) is 13.2. The molecule has 2 aromatic carbocycles. The average molecular weight is 448 g/mol. The number of ether oxygens (including phenoxy) is 3. The van der Waals surface area contributed by atoms with Crippen molar-refractivity contribution in [2.24, 2.45) is 5.92 Å². The molecular weight excluding hydrogens is 426 g/mol. The van der Waals surface area contributed by atoms with Gasteiger partial charge in [-0.3, -0.25) is 9.69 Å². The fraction of sp³-hybridized carbons (Fsp3) is 0.381. The number of halogens is 1. The van der Waals surface area contributed by atoms with Gasteiger partial charge in [0.15, 0.2) is 11.5 Å². The second-order valence-corrected chi connectivity index (χ2v) is 7.78. The first-order chi connectivity index (χ1) is 13.6. The summed E-state index contributed by atoms with van der Waals surface area (Å²) in [6.45, 7) is 1.64. The number of hydrogen-bond donors (Lipinski definition) is 1. The summed E-state index contributed by atoms with van der Waals surface area (Å²) in [7, 11) is 1.62. The summed E-state index contributed by atoms with van der Waals surface area (Å²) < 4.78 is 16.1. The van der Waals surface area contributed by atoms with Gasteiger partial charge in [0.25, 0.3) is 0 Å². The predicted octanol–water partition coefficient (Wildman–Crippen LogP) is 3.66. The van der Waals surface area contributed by atoms with E-state index >= 15 is 0 Å². The monoisotopic (exact) mass is 447 g/mol. The van der Waals surface area contributed by atoms with E-state index in [9.17, 15) is 9.90 Å². The molecule has 0 aromatic heterocycles. The molecule has 6 nitrogen and oxygen atoms in total. The SMILES string of the molecule is COc1ccc(C2C(C(=O)O)C(c3ccc4c(c3)OCO4)CN2CCBr)cc1. The standard InChI is InChI=1S/C21H22BrNO5/c1-26-15-5-2-13(3-6-15)20-19(21(24)25)16(11-23(20)9-8-22)14-4-7-17-18(10-14)28-12-27-17/h2-7,10,16,19-20H,8-9,11-12H2,1H3,(H,24,25). The Morgan fingerprint density at radius 1 is 1.18 bits per heavy atom. The molecule has 2 aromatic rings. The summed E-state index contributed by atoms with van der Waals surface area (Å²) in [5.74, 6) is 0.652. The molecule has 0 bridgehead atoms. The van der Waals surface area contributed by atoms with Gasteiger partial charge in [-0.25, -0.2) is 0 Å². The molecule has 1 saturated heterocycles. The van der Waals surface area contributed by atoms with E-state index in [-0.39, 0.29) is 18.8 Å². The van der Waals surface area contributed by atoms with Crippen LogP contribution >= 0.6 is 15.9 Å². The highest BCUT2D eigenvalue weighted by atomic mass is 79.9. The molecule has 1 N–H and O–H groups in total. The molecule has 4 rings (SSSR count). The summed E-state index contributed by atoms with van der Waals surface area (Å²) >= 11 is 3.51. The highest BCUT2D eigenvalue weighted by Crippen LogP contribution is 2.47. The molecule has 2 heterocycles. The third kappa shape index (κ3) is 3.44. The lowest BCUT2D eigenvalue weighted by molar-refractivity contribution is -0.143. The lowest BCUT2D eigenvalue weighted by atomic mass is 9.83. The van der Waals surface area contributed by atoms with Gasteiger partial charge in [0.1, 0.15) is 5.75 Å². The Labute approximate surface area is 172 Å². The van der Waals surface area contributed by atoms with Gasteiger partial charge < -0.3 is 19.3 Å². The Balaban J connectivity index is 1.72. The zero-order valence-corrected chi connectivity index (χ0v) is 17.1. The second kappa shape index (κ2) is 8.01. The van der Waals surface area contributed by atoms with Crippen LogP contribution in [-0.2, 0) is 4.79 Å². The number of likely N-dealkylation sites (tertiary alicyclic amines) is 1. The van der Waals surface area contributed by atoms with Crippen LogP contribution in [-0.4, -0.2) is 48.3 Å². The molecule has 1 fully saturated rings. The van der Waals surface area contributed by atoms with Crippen molar-refractivity contribution in [1.82, 2.24) is 4.90 Å². The second-order valence-electron chi connectivity index (χ2n) is 6.99. The Morgan fingerprint density at radius 3 is 2.57 bits per heavy atom. The molecule has 28 heavy (non-hydrogen) atoms. The minimum absolute atomic E-state index is 0.141. The van der Waals surface area contributed by atoms with Crippen molar-refractivity contribution in [1.29, 1.82) is 0 Å². The number of alkyl halides is 1. The first kappa shape index (κ1) is 19.1. The van der Waals surface area contributed by atoms with Crippen molar-refractivity contribution in [2.75, 3.05) is 32.3 Å². The van der Waals surface area contributed by atoms with Gasteiger partial charge in [-0.1, -0.05) is 34.1 Å². The normalized spacial score (nSPS) is 23.7. The predicted molar refractivity (Wildman–Crippen MR) is 108 cm³/mol. The molecule has 148 valence electrons. The van der Waals surface area contributed by atoms with Gasteiger partial charge in [0.2, 0.25) is 6.79 Å². The summed E-state index contributed by atoms with van der Waals surface area (Å²) in [6.07, 6.45) is 0. The third-order valence-electron chi connectivity index (χ3n) is 5.54. The van der Waals surface area contributed by atoms with E-state index in [1.54, 1.807) is 7.11 Å². The third-order valence-corrected chi connectivity index (χ3v) is 5.89. The summed E-state index contributed by atoms with van der Waals surface area (Å²) in [4.78, 5) is 14.6. The molecule has 0 radical (unpaired) electrons. The summed E-state index contributed by atoms with van der Waals surface area (Å²) in [5, 5.41) is 10.9. The van der Waals surface area contributed by atoms with Crippen LogP contribution in [0.4, 0.5) is 0 Å². The number of benzene rings is 2. The number of methoxy groups -OCH3 is 1. The van der Waals surface area contributed by atoms with E-state index in [2.05, 4.69) is 20.8 Å². The largest absolute Gasteiger partial charge is 0.497 e. The van der Waals surface area contributed by atoms with E-state index in [1.807, 2.05) is 42.5 Å². The van der Waals surface area contributed by atoms with Crippen LogP contribution in [0.25, 0.3) is 0 Å². The Hall–Kier alpha value is -2.25. The van der Waals surface area contributed by atoms with Crippen LogP contribution in [0.15, 0.2) is 42.5 Å². The number of nitrogens with zero attached hydrogens (tertiary/aromatic N) is 1. The van der Waals surface area contributed by atoms with Crippen molar-refractivity contribution < 1.29 is 24.1 Å². The highest BCUT2D eigenvalue weighted by Gasteiger charge is 2.47. The van der Waals surface area contributed by atoms with E-state index in [1.165, 1.54) is 0 Å². The molecule has 3 atom stereocenters. The van der Waals surface area contributed by atoms with Crippen LogP contribution in [0.3, 0.4) is 0 Å². The highest BCUT2D eigenvalue weighted by molar-refractivity contribution is 9.09. The molecule has 2 aliphatic heterocycles. The van der Waals surface area contributed by atoms with Gasteiger partial charge in [-0.05, 0) is 35.4 Å². The number of carbonyl (C=O) groups is 1. The van der Waals surface area contributed by atoms with Crippen molar-refractivity contribution in [2.45, 2.75) is 12.0 Å². The Morgan fingerprint density at radius 2 is 1.89 bits per heavy atom. The van der Waals surface area contributed by atoms with E-state index < -0.39 is 11.9 Å². The molecule has 7 heteroatoms. The van der Waals surface area contributed by atoms with Crippen molar-refractivity contribution >= 4 is 21.9 Å². The number of carboxylic acid groups (broad SMARTS) is 1. The van der Waals surface area contributed by atoms with Crippen LogP contribution in [0.2, 0.25) is 0 Å². The zero-order chi connectivity index (χ0) is 19.7. The number of hydrogen-bond acceptors (Lipinski definition) is 5. The maximum Gasteiger partial charge on any atom is 0.309 e. The smallest absolute Gasteiger partial charge is 0.309 e. The van der Waals surface area contributed by atoms with E-state index in [0.717, 1.165) is 28.8 Å². The van der Waals surface area contributed by atoms with Crippen LogP contribution in [0, 0.1) is 5.92 Å². The van der Waals surface area contributed by atoms with Gasteiger partial charge in [-0.15, -0.1) is 0 Å². The molecule has 2 aliphatic rings. The molecular formula is C21H22BrNO5. The minimum atomic E-state index is -0.791. The van der Waals surface area contributed by atoms with E-state index in [0.29, 0.717) is 18.0 Å². The first-order valence-corrected chi connectivity index (χ1v) is 10.3. The quantitative estimate of drug-likeness (QED) is 0.681. The Kier molecular flexibility index (Phi) is 5.46. The molecule has 0 amide bonds. The number of rotatable bonds is 6. The van der Waals surface area contributed by atoms with Crippen molar-refractivity contribution in [3.63, 3.8) is 0 Å². The first-order valence-electron chi connectivity index (χ1n) is 9.18. The van der Waals surface area contributed by atoms with Gasteiger partial charge in [0, 0.05) is 30.4 Å². The fourth-order valence-corrected chi connectivity index (χ4v) is 4.70. The number of carboxylic acids is 1. The molecule has 0 aliphatic carbocycles. The van der Waals surface area contributed by atoms with Crippen LogP contribution in [0.5, 0.6) is 17.2 Å².